The van der Waals surface area contributed by atoms with Crippen molar-refractivity contribution in [2.24, 2.45) is 16.8 Å². The number of carbonyl (C=O) groups is 6. The smallest absolute Gasteiger partial charge is 0.414 e. The Morgan fingerprint density at radius 3 is 1.67 bits per heavy atom. The number of nitrogens with one attached hydrogen (secondary N) is 2. The highest BCUT2D eigenvalue weighted by molar-refractivity contribution is 6.08. The molecular formula is C44H52N6O10. The van der Waals surface area contributed by atoms with Crippen molar-refractivity contribution in [1.82, 2.24) is 25.3 Å². The molecule has 16 heteroatoms. The van der Waals surface area contributed by atoms with Crippen molar-refractivity contribution >= 4 is 42.1 Å². The second kappa shape index (κ2) is 22.1. The van der Waals surface area contributed by atoms with Gasteiger partial charge >= 0.3 is 30.3 Å². The maximum absolute atomic E-state index is 13.8. The fourth-order valence-electron chi connectivity index (χ4n) is 7.32. The first-order valence-corrected chi connectivity index (χ1v) is 20.5. The normalized spacial score (nSPS) is 17.7. The van der Waals surface area contributed by atoms with E-state index in [9.17, 15) is 28.8 Å². The van der Waals surface area contributed by atoms with E-state index in [4.69, 9.17) is 18.9 Å². The summed E-state index contributed by atoms with van der Waals surface area (Å²) in [5.74, 6) is -2.01. The van der Waals surface area contributed by atoms with Crippen molar-refractivity contribution in [1.29, 1.82) is 0 Å². The number of imide groups is 1. The zero-order valence-corrected chi connectivity index (χ0v) is 33.6. The third-order valence-electron chi connectivity index (χ3n) is 10.7. The number of aliphatic imine (C=N–C) groups is 1. The van der Waals surface area contributed by atoms with E-state index >= 15 is 0 Å². The molecule has 0 radical (unpaired) electrons. The zero-order valence-electron chi connectivity index (χ0n) is 33.6. The molecular weight excluding hydrogens is 773 g/mol. The number of guanidine groups is 1. The average Bonchev–Trinajstić information content (AvgIpc) is 3.28. The summed E-state index contributed by atoms with van der Waals surface area (Å²) in [5.41, 5.74) is 2.25. The summed E-state index contributed by atoms with van der Waals surface area (Å²) in [6.45, 7) is 1.08. The van der Waals surface area contributed by atoms with Crippen LogP contribution in [0.4, 0.5) is 19.2 Å². The van der Waals surface area contributed by atoms with Gasteiger partial charge in [0.25, 0.3) is 0 Å². The third-order valence-corrected chi connectivity index (χ3v) is 10.7. The first-order valence-electron chi connectivity index (χ1n) is 20.5. The minimum absolute atomic E-state index is 0.00950. The topological polar surface area (TPSA) is 185 Å². The summed E-state index contributed by atoms with van der Waals surface area (Å²) in [6, 6.07) is 25.3. The quantitative estimate of drug-likeness (QED) is 0.0518. The number of hydrogen-bond acceptors (Lipinski definition) is 11. The lowest BCUT2D eigenvalue weighted by molar-refractivity contribution is -0.171. The lowest BCUT2D eigenvalue weighted by atomic mass is 9.83. The van der Waals surface area contributed by atoms with Gasteiger partial charge in [0.05, 0.1) is 12.5 Å². The summed E-state index contributed by atoms with van der Waals surface area (Å²) in [6.07, 6.45) is 3.81. The number of hydrogen-bond donors (Lipinski definition) is 2. The number of piperazine rings is 1. The van der Waals surface area contributed by atoms with Crippen LogP contribution in [-0.4, -0.2) is 102 Å². The van der Waals surface area contributed by atoms with Gasteiger partial charge in [-0.05, 0) is 48.3 Å². The van der Waals surface area contributed by atoms with Crippen LogP contribution in [-0.2, 0) is 48.4 Å². The number of nitrogens with zero attached hydrogens (tertiary/aromatic N) is 4. The molecule has 0 spiro atoms. The second-order valence-corrected chi connectivity index (χ2v) is 14.9. The summed E-state index contributed by atoms with van der Waals surface area (Å²) < 4.78 is 21.8. The Morgan fingerprint density at radius 1 is 0.633 bits per heavy atom. The van der Waals surface area contributed by atoms with Crippen molar-refractivity contribution in [3.05, 3.63) is 108 Å². The third kappa shape index (κ3) is 12.5. The van der Waals surface area contributed by atoms with Gasteiger partial charge in [-0.1, -0.05) is 110 Å². The molecule has 3 fully saturated rings. The molecule has 1 saturated carbocycles. The molecule has 1 aliphatic carbocycles. The van der Waals surface area contributed by atoms with E-state index in [-0.39, 0.29) is 71.3 Å². The number of likely N-dealkylation sites (tertiary alicyclic amines) is 1. The van der Waals surface area contributed by atoms with Crippen molar-refractivity contribution in [2.75, 3.05) is 39.3 Å². The van der Waals surface area contributed by atoms with Gasteiger partial charge in [-0.15, -0.1) is 0 Å². The Labute approximate surface area is 349 Å². The van der Waals surface area contributed by atoms with Crippen LogP contribution in [0.2, 0.25) is 0 Å². The van der Waals surface area contributed by atoms with Crippen LogP contribution in [0.25, 0.3) is 0 Å². The fraction of sp³-hybridized carbons (Fsp3) is 0.432. The number of ether oxygens (including phenoxy) is 4. The van der Waals surface area contributed by atoms with E-state index in [1.54, 1.807) is 41.3 Å². The Hall–Kier alpha value is -6.45. The number of rotatable bonds is 13. The summed E-state index contributed by atoms with van der Waals surface area (Å²) in [4.78, 5) is 87.6. The molecule has 318 valence electrons. The van der Waals surface area contributed by atoms with Gasteiger partial charge in [0.1, 0.15) is 19.8 Å². The molecule has 16 nitrogen and oxygen atoms in total. The first kappa shape index (κ1) is 43.1. The predicted octanol–water partition coefficient (Wildman–Crippen LogP) is 6.00. The van der Waals surface area contributed by atoms with E-state index in [0.29, 0.717) is 12.5 Å². The number of alkyl carbamates (subject to hydrolysis) is 2. The zero-order chi connectivity index (χ0) is 42.1. The number of urea groups is 1. The van der Waals surface area contributed by atoms with Crippen molar-refractivity contribution in [3.63, 3.8) is 0 Å². The van der Waals surface area contributed by atoms with Crippen LogP contribution >= 0.6 is 0 Å². The molecule has 2 heterocycles. The molecule has 3 aliphatic rings. The van der Waals surface area contributed by atoms with Gasteiger partial charge in [-0.2, -0.15) is 0 Å². The molecule has 6 rings (SSSR count). The molecule has 3 aromatic carbocycles. The van der Waals surface area contributed by atoms with Crippen LogP contribution in [0.3, 0.4) is 0 Å². The Morgan fingerprint density at radius 2 is 1.13 bits per heavy atom. The van der Waals surface area contributed by atoms with Crippen LogP contribution < -0.4 is 10.6 Å². The molecule has 2 unspecified atom stereocenters. The first-order chi connectivity index (χ1) is 29.2. The number of esters is 1. The summed E-state index contributed by atoms with van der Waals surface area (Å²) >= 11 is 0. The van der Waals surface area contributed by atoms with Crippen LogP contribution in [0.15, 0.2) is 96.0 Å². The van der Waals surface area contributed by atoms with E-state index in [1.165, 1.54) is 11.3 Å². The van der Waals surface area contributed by atoms with Crippen LogP contribution in [0, 0.1) is 11.8 Å². The molecule has 3 aromatic rings. The summed E-state index contributed by atoms with van der Waals surface area (Å²) in [5, 5.41) is 4.87. The molecule has 2 saturated heterocycles. The van der Waals surface area contributed by atoms with Crippen LogP contribution in [0.1, 0.15) is 61.6 Å². The summed E-state index contributed by atoms with van der Waals surface area (Å²) in [7, 11) is 0. The average molecular weight is 825 g/mol. The highest BCUT2D eigenvalue weighted by atomic mass is 16.6. The highest BCUT2D eigenvalue weighted by Crippen LogP contribution is 2.33. The SMILES string of the molecule is O=C(NC(=NCCCC1C(=O)N(C(=O)N2CCN(C(=O)OCC3CCCCC3)CC2)C1C(=O)OCc1ccccc1)NC(=O)OCc1ccccc1)OCc1ccccc1. The van der Waals surface area contributed by atoms with Crippen molar-refractivity contribution < 1.29 is 47.7 Å². The van der Waals surface area contributed by atoms with Gasteiger partial charge in [0.15, 0.2) is 6.04 Å². The van der Waals surface area contributed by atoms with Gasteiger partial charge in [0, 0.05) is 32.7 Å². The molecule has 2 atom stereocenters. The van der Waals surface area contributed by atoms with Crippen LogP contribution in [0.5, 0.6) is 0 Å². The van der Waals surface area contributed by atoms with Gasteiger partial charge in [-0.25, -0.2) is 28.9 Å². The molecule has 2 aliphatic heterocycles. The molecule has 60 heavy (non-hydrogen) atoms. The number of amides is 6. The molecule has 2 N–H and O–H groups in total. The second-order valence-electron chi connectivity index (χ2n) is 14.9. The minimum atomic E-state index is -1.19. The van der Waals surface area contributed by atoms with E-state index in [0.717, 1.165) is 47.3 Å². The predicted molar refractivity (Wildman–Crippen MR) is 218 cm³/mol. The van der Waals surface area contributed by atoms with Crippen molar-refractivity contribution in [3.8, 4) is 0 Å². The van der Waals surface area contributed by atoms with Gasteiger partial charge in [-0.3, -0.25) is 20.4 Å². The Bertz CT molecular complexity index is 1880. The molecule has 0 bridgehead atoms. The maximum Gasteiger partial charge on any atom is 0.414 e. The maximum atomic E-state index is 13.8. The standard InChI is InChI=1S/C44H52N6O10/c51-38-36(22-13-23-45-40(46-41(53)58-29-33-16-7-2-8-17-33)47-42(54)59-30-34-18-9-3-10-19-34)37(39(52)57-28-32-14-5-1-6-15-32)50(38)43(55)48-24-26-49(27-25-48)44(56)60-31-35-20-11-4-12-21-35/h1-3,5-10,14-19,35-37H,4,11-13,20-31H2,(H2,45,46,47,53,54). The van der Waals surface area contributed by atoms with Crippen molar-refractivity contribution in [2.45, 2.75) is 70.8 Å². The minimum Gasteiger partial charge on any atom is -0.459 e. The Kier molecular flexibility index (Phi) is 15.9. The fourth-order valence-corrected chi connectivity index (χ4v) is 7.32. The number of β-lactam (4-membered cyclic amide) rings is 1. The van der Waals surface area contributed by atoms with Gasteiger partial charge in [0.2, 0.25) is 11.9 Å². The monoisotopic (exact) mass is 824 g/mol. The van der Waals surface area contributed by atoms with E-state index in [2.05, 4.69) is 15.6 Å². The Balaban J connectivity index is 1.05. The molecule has 0 aromatic heterocycles. The number of benzene rings is 3. The highest BCUT2D eigenvalue weighted by Gasteiger charge is 2.56. The number of carbonyl (C=O) groups excluding carboxylic acids is 6. The lowest BCUT2D eigenvalue weighted by Crippen LogP contribution is -2.69. The largest absolute Gasteiger partial charge is 0.459 e. The van der Waals surface area contributed by atoms with E-state index < -0.39 is 48.1 Å². The lowest BCUT2D eigenvalue weighted by Gasteiger charge is -2.46. The molecule has 6 amide bonds. The van der Waals surface area contributed by atoms with Gasteiger partial charge < -0.3 is 28.7 Å². The van der Waals surface area contributed by atoms with E-state index in [1.807, 2.05) is 54.6 Å².